The van der Waals surface area contributed by atoms with Gasteiger partial charge in [0.1, 0.15) is 5.76 Å². The van der Waals surface area contributed by atoms with Crippen molar-refractivity contribution in [1.29, 1.82) is 0 Å². The highest BCUT2D eigenvalue weighted by Gasteiger charge is 2.20. The summed E-state index contributed by atoms with van der Waals surface area (Å²) in [5, 5.41) is 4.97. The lowest BCUT2D eigenvalue weighted by Crippen LogP contribution is -2.39. The van der Waals surface area contributed by atoms with Gasteiger partial charge in [-0.25, -0.2) is 0 Å². The van der Waals surface area contributed by atoms with Gasteiger partial charge in [-0.15, -0.1) is 0 Å². The van der Waals surface area contributed by atoms with Crippen molar-refractivity contribution in [3.05, 3.63) is 47.9 Å². The van der Waals surface area contributed by atoms with E-state index in [1.54, 1.807) is 6.26 Å². The van der Waals surface area contributed by atoms with Crippen LogP contribution in [-0.4, -0.2) is 8.07 Å². The third-order valence-corrected chi connectivity index (χ3v) is 5.05. The van der Waals surface area contributed by atoms with Crippen molar-refractivity contribution in [2.45, 2.75) is 33.1 Å². The van der Waals surface area contributed by atoms with Crippen LogP contribution in [0, 0.1) is 6.92 Å². The monoisotopic (exact) mass is 259 g/mol. The molecule has 0 saturated carbocycles. The van der Waals surface area contributed by atoms with Gasteiger partial charge in [0.15, 0.2) is 0 Å². The van der Waals surface area contributed by atoms with Gasteiger partial charge in [0.2, 0.25) is 0 Å². The molecule has 0 bridgehead atoms. The molecule has 96 valence electrons. The van der Waals surface area contributed by atoms with Gasteiger partial charge >= 0.3 is 0 Å². The van der Waals surface area contributed by atoms with Gasteiger partial charge < -0.3 is 9.73 Å². The zero-order valence-electron chi connectivity index (χ0n) is 11.6. The Balaban J connectivity index is 2.22. The molecule has 0 aliphatic carbocycles. The van der Waals surface area contributed by atoms with Gasteiger partial charge in [-0.1, -0.05) is 37.3 Å². The molecule has 2 rings (SSSR count). The maximum Gasteiger partial charge on any atom is 0.122 e. The number of furan rings is 1. The molecule has 0 atom stereocenters. The van der Waals surface area contributed by atoms with Crippen LogP contribution in [0.25, 0.3) is 0 Å². The van der Waals surface area contributed by atoms with Gasteiger partial charge in [0.05, 0.1) is 20.9 Å². The summed E-state index contributed by atoms with van der Waals surface area (Å²) in [4.78, 5) is 0. The van der Waals surface area contributed by atoms with Crippen LogP contribution in [0.15, 0.2) is 41.0 Å². The number of aryl methyl sites for hydroxylation is 1. The van der Waals surface area contributed by atoms with Gasteiger partial charge in [0.25, 0.3) is 0 Å². The number of hydrogen-bond acceptors (Lipinski definition) is 2. The molecular formula is C15H21NOSi. The van der Waals surface area contributed by atoms with Crippen molar-refractivity contribution >= 4 is 18.9 Å². The quantitative estimate of drug-likeness (QED) is 0.846. The molecule has 0 aliphatic rings. The molecule has 1 aromatic carbocycles. The van der Waals surface area contributed by atoms with Crippen LogP contribution < -0.4 is 10.5 Å². The summed E-state index contributed by atoms with van der Waals surface area (Å²) in [5.74, 6) is 0.970. The van der Waals surface area contributed by atoms with Crippen LogP contribution in [0.2, 0.25) is 19.6 Å². The summed E-state index contributed by atoms with van der Waals surface area (Å²) >= 11 is 0. The molecule has 0 fully saturated rings. The summed E-state index contributed by atoms with van der Waals surface area (Å²) < 4.78 is 5.35. The Kier molecular flexibility index (Phi) is 3.62. The summed E-state index contributed by atoms with van der Waals surface area (Å²) in [6.07, 6.45) is 1.71. The summed E-state index contributed by atoms with van der Waals surface area (Å²) in [6, 6.07) is 10.6. The largest absolute Gasteiger partial charge is 0.467 e. The second kappa shape index (κ2) is 5.02. The summed E-state index contributed by atoms with van der Waals surface area (Å²) in [7, 11) is -1.32. The van der Waals surface area contributed by atoms with Crippen LogP contribution in [0.3, 0.4) is 0 Å². The Bertz CT molecular complexity index is 512. The highest BCUT2D eigenvalue weighted by atomic mass is 28.3. The molecule has 3 heteroatoms. The fourth-order valence-corrected chi connectivity index (χ4v) is 3.67. The van der Waals surface area contributed by atoms with Crippen molar-refractivity contribution in [3.63, 3.8) is 0 Å². The molecule has 1 heterocycles. The van der Waals surface area contributed by atoms with Gasteiger partial charge in [0, 0.05) is 5.69 Å². The van der Waals surface area contributed by atoms with Crippen molar-refractivity contribution in [2.75, 3.05) is 5.32 Å². The number of anilines is 1. The molecule has 0 amide bonds. The number of benzene rings is 1. The average Bonchev–Trinajstić information content (AvgIpc) is 2.79. The SMILES string of the molecule is Cc1ccc(NCc2ccco2)c([Si](C)(C)C)c1. The smallest absolute Gasteiger partial charge is 0.122 e. The minimum Gasteiger partial charge on any atom is -0.467 e. The van der Waals surface area contributed by atoms with Crippen LogP contribution >= 0.6 is 0 Å². The molecule has 0 unspecified atom stereocenters. The first-order valence-electron chi connectivity index (χ1n) is 6.34. The van der Waals surface area contributed by atoms with Crippen LogP contribution in [0.4, 0.5) is 5.69 Å². The summed E-state index contributed by atoms with van der Waals surface area (Å²) in [6.45, 7) is 10.0. The van der Waals surface area contributed by atoms with E-state index in [9.17, 15) is 0 Å². The zero-order chi connectivity index (χ0) is 13.2. The van der Waals surface area contributed by atoms with Crippen LogP contribution in [-0.2, 0) is 6.54 Å². The van der Waals surface area contributed by atoms with E-state index < -0.39 is 8.07 Å². The number of nitrogens with one attached hydrogen (secondary N) is 1. The molecular weight excluding hydrogens is 238 g/mol. The predicted molar refractivity (Wildman–Crippen MR) is 80.2 cm³/mol. The van der Waals surface area contributed by atoms with E-state index in [0.29, 0.717) is 0 Å². The molecule has 2 aromatic rings. The van der Waals surface area contributed by atoms with Crippen LogP contribution in [0.1, 0.15) is 11.3 Å². The normalized spacial score (nSPS) is 11.6. The van der Waals surface area contributed by atoms with Crippen molar-refractivity contribution < 1.29 is 4.42 Å². The van der Waals surface area contributed by atoms with E-state index in [2.05, 4.69) is 50.1 Å². The molecule has 0 spiro atoms. The lowest BCUT2D eigenvalue weighted by molar-refractivity contribution is 0.518. The van der Waals surface area contributed by atoms with Crippen molar-refractivity contribution in [1.82, 2.24) is 0 Å². The Hall–Kier alpha value is -1.48. The fraction of sp³-hybridized carbons (Fsp3) is 0.333. The molecule has 0 radical (unpaired) electrons. The lowest BCUT2D eigenvalue weighted by Gasteiger charge is -2.22. The molecule has 1 aromatic heterocycles. The molecule has 18 heavy (non-hydrogen) atoms. The lowest BCUT2D eigenvalue weighted by atomic mass is 10.2. The minimum atomic E-state index is -1.32. The Morgan fingerprint density at radius 2 is 1.94 bits per heavy atom. The predicted octanol–water partition coefficient (Wildman–Crippen LogP) is 3.75. The molecule has 2 nitrogen and oxygen atoms in total. The number of hydrogen-bond donors (Lipinski definition) is 1. The van der Waals surface area contributed by atoms with E-state index in [1.165, 1.54) is 16.4 Å². The van der Waals surface area contributed by atoms with Gasteiger partial charge in [-0.3, -0.25) is 0 Å². The summed E-state index contributed by atoms with van der Waals surface area (Å²) in [5.41, 5.74) is 2.58. The minimum absolute atomic E-state index is 0.744. The standard InChI is InChI=1S/C15H21NOSi/c1-12-7-8-14(15(10-12)18(2,3)4)16-11-13-6-5-9-17-13/h5-10,16H,11H2,1-4H3. The fourth-order valence-electron chi connectivity index (χ4n) is 2.03. The highest BCUT2D eigenvalue weighted by molar-refractivity contribution is 6.89. The highest BCUT2D eigenvalue weighted by Crippen LogP contribution is 2.15. The number of rotatable bonds is 4. The van der Waals surface area contributed by atoms with E-state index in [0.717, 1.165) is 12.3 Å². The van der Waals surface area contributed by atoms with Crippen molar-refractivity contribution in [3.8, 4) is 0 Å². The van der Waals surface area contributed by atoms with E-state index in [1.807, 2.05) is 12.1 Å². The first-order chi connectivity index (χ1) is 8.47. The second-order valence-corrected chi connectivity index (χ2v) is 10.8. The third kappa shape index (κ3) is 3.04. The van der Waals surface area contributed by atoms with Crippen LogP contribution in [0.5, 0.6) is 0 Å². The first kappa shape index (κ1) is 13.0. The average molecular weight is 259 g/mol. The van der Waals surface area contributed by atoms with E-state index in [4.69, 9.17) is 4.42 Å². The first-order valence-corrected chi connectivity index (χ1v) is 9.84. The zero-order valence-corrected chi connectivity index (χ0v) is 12.6. The van der Waals surface area contributed by atoms with Gasteiger partial charge in [-0.05, 0) is 30.3 Å². The third-order valence-electron chi connectivity index (χ3n) is 3.02. The Morgan fingerprint density at radius 1 is 1.17 bits per heavy atom. The maximum atomic E-state index is 5.35. The van der Waals surface area contributed by atoms with E-state index in [-0.39, 0.29) is 0 Å². The molecule has 0 aliphatic heterocycles. The topological polar surface area (TPSA) is 25.2 Å². The molecule has 0 saturated heterocycles. The van der Waals surface area contributed by atoms with E-state index >= 15 is 0 Å². The Labute approximate surface area is 110 Å². The Morgan fingerprint density at radius 3 is 2.56 bits per heavy atom. The molecule has 1 N–H and O–H groups in total. The maximum absolute atomic E-state index is 5.35. The van der Waals surface area contributed by atoms with Gasteiger partial charge in [-0.2, -0.15) is 0 Å². The van der Waals surface area contributed by atoms with Crippen molar-refractivity contribution in [2.24, 2.45) is 0 Å². The second-order valence-electron chi connectivity index (χ2n) is 5.73.